The van der Waals surface area contributed by atoms with Gasteiger partial charge in [0.1, 0.15) is 0 Å². The summed E-state index contributed by atoms with van der Waals surface area (Å²) in [6.45, 7) is 7.86. The molecule has 0 unspecified atom stereocenters. The summed E-state index contributed by atoms with van der Waals surface area (Å²) < 4.78 is 6.38. The summed E-state index contributed by atoms with van der Waals surface area (Å²) in [6.07, 6.45) is 0. The van der Waals surface area contributed by atoms with Gasteiger partial charge in [-0.1, -0.05) is 58.5 Å². The molecular formula is C18H18Cl4O. The van der Waals surface area contributed by atoms with Crippen molar-refractivity contribution in [3.8, 4) is 0 Å². The van der Waals surface area contributed by atoms with E-state index in [9.17, 15) is 0 Å². The van der Waals surface area contributed by atoms with Gasteiger partial charge in [0.2, 0.25) is 0 Å². The van der Waals surface area contributed by atoms with Gasteiger partial charge in [-0.15, -0.1) is 0 Å². The Balaban J connectivity index is 2.37. The molecule has 124 valence electrons. The van der Waals surface area contributed by atoms with Gasteiger partial charge in [-0.2, -0.15) is 0 Å². The third-order valence-corrected chi connectivity index (χ3v) is 4.77. The van der Waals surface area contributed by atoms with Crippen molar-refractivity contribution in [3.05, 3.63) is 67.6 Å². The van der Waals surface area contributed by atoms with E-state index in [1.54, 1.807) is 24.3 Å². The Morgan fingerprint density at radius 2 is 1.00 bits per heavy atom. The Morgan fingerprint density at radius 3 is 1.30 bits per heavy atom. The van der Waals surface area contributed by atoms with Crippen molar-refractivity contribution in [1.82, 2.24) is 0 Å². The molecular weight excluding hydrogens is 374 g/mol. The van der Waals surface area contributed by atoms with E-state index in [1.807, 2.05) is 39.8 Å². The van der Waals surface area contributed by atoms with E-state index in [0.717, 1.165) is 11.1 Å². The molecule has 0 aromatic heterocycles. The molecule has 0 fully saturated rings. The van der Waals surface area contributed by atoms with Crippen LogP contribution in [0.3, 0.4) is 0 Å². The molecule has 2 aromatic rings. The van der Waals surface area contributed by atoms with E-state index in [0.29, 0.717) is 20.1 Å². The minimum Gasteiger partial charge on any atom is -0.360 e. The summed E-state index contributed by atoms with van der Waals surface area (Å²) in [5.74, 6) is 0. The highest BCUT2D eigenvalue weighted by molar-refractivity contribution is 6.35. The topological polar surface area (TPSA) is 9.23 Å². The zero-order valence-corrected chi connectivity index (χ0v) is 16.4. The largest absolute Gasteiger partial charge is 0.360 e. The number of rotatable bonds is 4. The van der Waals surface area contributed by atoms with Crippen LogP contribution in [0.1, 0.15) is 38.8 Å². The van der Waals surface area contributed by atoms with Gasteiger partial charge in [0.25, 0.3) is 0 Å². The zero-order valence-electron chi connectivity index (χ0n) is 13.4. The van der Waals surface area contributed by atoms with Crippen molar-refractivity contribution in [2.75, 3.05) is 0 Å². The fourth-order valence-electron chi connectivity index (χ4n) is 2.70. The predicted octanol–water partition coefficient (Wildman–Crippen LogP) is 7.49. The second kappa shape index (κ2) is 6.82. The molecule has 2 rings (SSSR count). The lowest BCUT2D eigenvalue weighted by molar-refractivity contribution is -0.132. The monoisotopic (exact) mass is 390 g/mol. The molecule has 0 bridgehead atoms. The number of hydrogen-bond donors (Lipinski definition) is 0. The first-order chi connectivity index (χ1) is 10.5. The Morgan fingerprint density at radius 1 is 0.652 bits per heavy atom. The lowest BCUT2D eigenvalue weighted by Gasteiger charge is -2.37. The third kappa shape index (κ3) is 4.35. The summed E-state index contributed by atoms with van der Waals surface area (Å²) in [5.41, 5.74) is 0.464. The molecule has 0 atom stereocenters. The Kier molecular flexibility index (Phi) is 5.60. The average Bonchev–Trinajstić information content (AvgIpc) is 2.35. The Labute approximate surface area is 157 Å². The molecule has 0 aliphatic carbocycles. The second-order valence-electron chi connectivity index (χ2n) is 6.37. The predicted molar refractivity (Wildman–Crippen MR) is 100 cm³/mol. The molecule has 0 aliphatic heterocycles. The minimum atomic E-state index is -0.631. The molecule has 0 N–H and O–H groups in total. The van der Waals surface area contributed by atoms with Gasteiger partial charge in [-0.05, 0) is 52.0 Å². The van der Waals surface area contributed by atoms with Gasteiger partial charge in [0, 0.05) is 31.2 Å². The lowest BCUT2D eigenvalue weighted by atomic mass is 9.93. The van der Waals surface area contributed by atoms with Crippen LogP contribution in [0.4, 0.5) is 0 Å². The van der Waals surface area contributed by atoms with E-state index in [1.165, 1.54) is 0 Å². The van der Waals surface area contributed by atoms with Crippen molar-refractivity contribution >= 4 is 46.4 Å². The molecule has 0 amide bonds. The molecule has 0 saturated carbocycles. The van der Waals surface area contributed by atoms with Crippen LogP contribution in [-0.4, -0.2) is 0 Å². The maximum atomic E-state index is 6.38. The summed E-state index contributed by atoms with van der Waals surface area (Å²) in [5, 5.41) is 2.32. The fourth-order valence-corrected chi connectivity index (χ4v) is 3.98. The van der Waals surface area contributed by atoms with Crippen molar-refractivity contribution in [2.24, 2.45) is 0 Å². The highest BCUT2D eigenvalue weighted by atomic mass is 35.5. The summed E-state index contributed by atoms with van der Waals surface area (Å²) in [6, 6.07) is 10.8. The molecule has 23 heavy (non-hydrogen) atoms. The SMILES string of the molecule is CC(C)(OC(C)(C)c1ccc(Cl)cc1Cl)c1ccc(Cl)cc1Cl. The highest BCUT2D eigenvalue weighted by Crippen LogP contribution is 2.41. The van der Waals surface area contributed by atoms with Gasteiger partial charge in [0.05, 0.1) is 11.2 Å². The van der Waals surface area contributed by atoms with Gasteiger partial charge in [-0.3, -0.25) is 0 Å². The second-order valence-corrected chi connectivity index (χ2v) is 8.06. The maximum absolute atomic E-state index is 6.38. The van der Waals surface area contributed by atoms with E-state index >= 15 is 0 Å². The zero-order chi connectivity index (χ0) is 17.4. The van der Waals surface area contributed by atoms with Crippen LogP contribution >= 0.6 is 46.4 Å². The molecule has 0 radical (unpaired) electrons. The lowest BCUT2D eigenvalue weighted by Crippen LogP contribution is -2.34. The van der Waals surface area contributed by atoms with Gasteiger partial charge >= 0.3 is 0 Å². The molecule has 0 heterocycles. The quantitative estimate of drug-likeness (QED) is 0.524. The summed E-state index contributed by atoms with van der Waals surface area (Å²) in [4.78, 5) is 0. The van der Waals surface area contributed by atoms with Crippen molar-refractivity contribution < 1.29 is 4.74 Å². The van der Waals surface area contributed by atoms with Gasteiger partial charge < -0.3 is 4.74 Å². The first-order valence-electron chi connectivity index (χ1n) is 7.14. The van der Waals surface area contributed by atoms with E-state index in [4.69, 9.17) is 51.1 Å². The fraction of sp³-hybridized carbons (Fsp3) is 0.333. The van der Waals surface area contributed by atoms with Crippen LogP contribution in [0.15, 0.2) is 36.4 Å². The number of halogens is 4. The van der Waals surface area contributed by atoms with E-state index in [2.05, 4.69) is 0 Å². The van der Waals surface area contributed by atoms with Crippen LogP contribution < -0.4 is 0 Å². The maximum Gasteiger partial charge on any atom is 0.0901 e. The molecule has 2 aromatic carbocycles. The summed E-state index contributed by atoms with van der Waals surface area (Å²) >= 11 is 24.6. The molecule has 0 aliphatic rings. The number of ether oxygens (including phenoxy) is 1. The van der Waals surface area contributed by atoms with Crippen LogP contribution in [0.25, 0.3) is 0 Å². The van der Waals surface area contributed by atoms with Crippen LogP contribution in [-0.2, 0) is 15.9 Å². The van der Waals surface area contributed by atoms with Crippen LogP contribution in [0.5, 0.6) is 0 Å². The minimum absolute atomic E-state index is 0.570. The van der Waals surface area contributed by atoms with Crippen LogP contribution in [0, 0.1) is 0 Å². The van der Waals surface area contributed by atoms with Crippen molar-refractivity contribution in [1.29, 1.82) is 0 Å². The first kappa shape index (κ1) is 18.9. The molecule has 1 nitrogen and oxygen atoms in total. The first-order valence-corrected chi connectivity index (χ1v) is 8.65. The highest BCUT2D eigenvalue weighted by Gasteiger charge is 2.34. The van der Waals surface area contributed by atoms with Gasteiger partial charge in [0.15, 0.2) is 0 Å². The van der Waals surface area contributed by atoms with Crippen LogP contribution in [0.2, 0.25) is 20.1 Å². The standard InChI is InChI=1S/C18H18Cl4O/c1-17(2,13-7-5-11(19)9-15(13)21)23-18(3,4)14-8-6-12(20)10-16(14)22/h5-10H,1-4H3. The molecule has 0 spiro atoms. The van der Waals surface area contributed by atoms with Crippen molar-refractivity contribution in [3.63, 3.8) is 0 Å². The average molecular weight is 392 g/mol. The van der Waals surface area contributed by atoms with E-state index < -0.39 is 11.2 Å². The Hall–Kier alpha value is -0.440. The van der Waals surface area contributed by atoms with Gasteiger partial charge in [-0.25, -0.2) is 0 Å². The number of benzene rings is 2. The third-order valence-electron chi connectivity index (χ3n) is 3.67. The molecule has 5 heteroatoms. The normalized spacial score (nSPS) is 12.5. The number of hydrogen-bond acceptors (Lipinski definition) is 1. The summed E-state index contributed by atoms with van der Waals surface area (Å²) in [7, 11) is 0. The molecule has 0 saturated heterocycles. The van der Waals surface area contributed by atoms with E-state index in [-0.39, 0.29) is 0 Å². The smallest absolute Gasteiger partial charge is 0.0901 e. The Bertz CT molecular complexity index is 661. The van der Waals surface area contributed by atoms with Crippen molar-refractivity contribution in [2.45, 2.75) is 38.9 Å².